The molecule has 2 aromatic rings. The van der Waals surface area contributed by atoms with Crippen LogP contribution in [0.1, 0.15) is 11.1 Å². The molecule has 0 aliphatic carbocycles. The summed E-state index contributed by atoms with van der Waals surface area (Å²) in [4.78, 5) is 27.5. The molecule has 0 radical (unpaired) electrons. The van der Waals surface area contributed by atoms with Gasteiger partial charge in [-0.05, 0) is 24.3 Å². The Hall–Kier alpha value is -4.28. The van der Waals surface area contributed by atoms with Crippen molar-refractivity contribution in [3.05, 3.63) is 51.2 Å². The summed E-state index contributed by atoms with van der Waals surface area (Å²) in [5.41, 5.74) is 0.134. The molecule has 11 heteroatoms. The fourth-order valence-electron chi connectivity index (χ4n) is 3.11. The molecule has 0 aromatic heterocycles. The second kappa shape index (κ2) is 7.86. The van der Waals surface area contributed by atoms with Crippen molar-refractivity contribution in [2.24, 2.45) is 4.99 Å². The van der Waals surface area contributed by atoms with Crippen LogP contribution in [0.3, 0.4) is 0 Å². The highest BCUT2D eigenvalue weighted by molar-refractivity contribution is 6.13. The number of esters is 1. The van der Waals surface area contributed by atoms with Crippen molar-refractivity contribution in [1.82, 2.24) is 0 Å². The fraction of sp³-hybridized carbons (Fsp3) is 0.200. The molecular weight excluding hydrogens is 412 g/mol. The van der Waals surface area contributed by atoms with Gasteiger partial charge in [-0.15, -0.1) is 0 Å². The van der Waals surface area contributed by atoms with Gasteiger partial charge in [0.2, 0.25) is 18.4 Å². The minimum Gasteiger partial charge on any atom is -0.493 e. The number of nitro groups is 1. The molecule has 0 bridgehead atoms. The summed E-state index contributed by atoms with van der Waals surface area (Å²) in [5, 5.41) is 11.5. The average Bonchev–Trinajstić information content (AvgIpc) is 3.37. The summed E-state index contributed by atoms with van der Waals surface area (Å²) in [6, 6.07) is 5.78. The van der Waals surface area contributed by atoms with Crippen molar-refractivity contribution in [2.75, 3.05) is 28.1 Å². The lowest BCUT2D eigenvalue weighted by atomic mass is 10.1. The Labute approximate surface area is 175 Å². The zero-order valence-electron chi connectivity index (χ0n) is 16.7. The highest BCUT2D eigenvalue weighted by atomic mass is 16.7. The Balaban J connectivity index is 1.77. The van der Waals surface area contributed by atoms with E-state index in [9.17, 15) is 14.9 Å². The lowest BCUT2D eigenvalue weighted by molar-refractivity contribution is -0.385. The SMILES string of the molecule is COc1cc(C2=N/C(=C\c3cc4c(cc3[N+](=O)[O-])OCO4)C(=O)O2)cc(OC)c1OC. The largest absolute Gasteiger partial charge is 0.493 e. The number of cyclic esters (lactones) is 1. The third-order valence-electron chi connectivity index (χ3n) is 4.54. The average molecular weight is 428 g/mol. The van der Waals surface area contributed by atoms with E-state index in [0.717, 1.165) is 0 Å². The van der Waals surface area contributed by atoms with E-state index in [-0.39, 0.29) is 35.4 Å². The van der Waals surface area contributed by atoms with E-state index in [2.05, 4.69) is 4.99 Å². The van der Waals surface area contributed by atoms with Gasteiger partial charge in [-0.3, -0.25) is 10.1 Å². The van der Waals surface area contributed by atoms with Gasteiger partial charge in [-0.2, -0.15) is 0 Å². The topological polar surface area (TPSA) is 128 Å². The third kappa shape index (κ3) is 3.56. The maximum Gasteiger partial charge on any atom is 0.363 e. The number of carbonyl (C=O) groups excluding carboxylic acids is 1. The van der Waals surface area contributed by atoms with E-state index in [1.54, 1.807) is 12.1 Å². The molecule has 0 saturated heterocycles. The fourth-order valence-corrected chi connectivity index (χ4v) is 3.11. The summed E-state index contributed by atoms with van der Waals surface area (Å²) >= 11 is 0. The monoisotopic (exact) mass is 428 g/mol. The van der Waals surface area contributed by atoms with Gasteiger partial charge in [0.15, 0.2) is 28.7 Å². The van der Waals surface area contributed by atoms with Gasteiger partial charge in [0.25, 0.3) is 5.69 Å². The van der Waals surface area contributed by atoms with Crippen LogP contribution >= 0.6 is 0 Å². The van der Waals surface area contributed by atoms with Crippen molar-refractivity contribution in [3.63, 3.8) is 0 Å². The molecule has 160 valence electrons. The molecule has 0 fully saturated rings. The molecule has 0 atom stereocenters. The number of benzene rings is 2. The lowest BCUT2D eigenvalue weighted by Crippen LogP contribution is -2.07. The Morgan fingerprint density at radius 2 is 1.68 bits per heavy atom. The quantitative estimate of drug-likeness (QED) is 0.295. The zero-order chi connectivity index (χ0) is 22.1. The maximum absolute atomic E-state index is 12.4. The van der Waals surface area contributed by atoms with Gasteiger partial charge >= 0.3 is 5.97 Å². The van der Waals surface area contributed by atoms with Crippen molar-refractivity contribution < 1.29 is 38.1 Å². The molecule has 4 rings (SSSR count). The third-order valence-corrected chi connectivity index (χ3v) is 4.54. The number of aliphatic imine (C=N–C) groups is 1. The van der Waals surface area contributed by atoms with Crippen molar-refractivity contribution >= 4 is 23.6 Å². The van der Waals surface area contributed by atoms with Crippen LogP contribution in [0.15, 0.2) is 35.0 Å². The number of nitrogens with zero attached hydrogens (tertiary/aromatic N) is 2. The first-order chi connectivity index (χ1) is 14.9. The first-order valence-corrected chi connectivity index (χ1v) is 8.86. The molecule has 0 spiro atoms. The normalized spacial score (nSPS) is 15.5. The molecule has 11 nitrogen and oxygen atoms in total. The van der Waals surface area contributed by atoms with Crippen LogP contribution < -0.4 is 23.7 Å². The number of rotatable bonds is 6. The molecule has 2 aliphatic rings. The maximum atomic E-state index is 12.4. The van der Waals surface area contributed by atoms with E-state index in [1.807, 2.05) is 0 Å². The highest BCUT2D eigenvalue weighted by Crippen LogP contribution is 2.40. The molecule has 2 aromatic carbocycles. The first-order valence-electron chi connectivity index (χ1n) is 8.86. The summed E-state index contributed by atoms with van der Waals surface area (Å²) in [7, 11) is 4.37. The van der Waals surface area contributed by atoms with Gasteiger partial charge < -0.3 is 28.4 Å². The summed E-state index contributed by atoms with van der Waals surface area (Å²) in [5.74, 6) is 0.862. The summed E-state index contributed by atoms with van der Waals surface area (Å²) in [6.45, 7) is -0.0437. The van der Waals surface area contributed by atoms with E-state index < -0.39 is 10.9 Å². The van der Waals surface area contributed by atoms with Crippen LogP contribution in [-0.2, 0) is 9.53 Å². The molecule has 2 aliphatic heterocycles. The minimum absolute atomic E-state index is 0.0149. The van der Waals surface area contributed by atoms with Gasteiger partial charge in [-0.1, -0.05) is 0 Å². The molecule has 31 heavy (non-hydrogen) atoms. The molecule has 0 unspecified atom stereocenters. The molecule has 2 heterocycles. The Morgan fingerprint density at radius 3 is 2.26 bits per heavy atom. The Kier molecular flexibility index (Phi) is 5.07. The standard InChI is InChI=1S/C20H16N2O9/c1-26-16-6-11(7-17(27-2)18(16)28-3)19-21-12(20(23)31-19)4-10-5-14-15(30-9-29-14)8-13(10)22(24)25/h4-8H,9H2,1-3H3/b12-4-. The predicted octanol–water partition coefficient (Wildman–Crippen LogP) is 2.69. The van der Waals surface area contributed by atoms with Crippen LogP contribution in [0, 0.1) is 10.1 Å². The smallest absolute Gasteiger partial charge is 0.363 e. The number of methoxy groups -OCH3 is 3. The zero-order valence-corrected chi connectivity index (χ0v) is 16.7. The van der Waals surface area contributed by atoms with Gasteiger partial charge in [-0.25, -0.2) is 9.79 Å². The van der Waals surface area contributed by atoms with Crippen molar-refractivity contribution in [3.8, 4) is 28.7 Å². The van der Waals surface area contributed by atoms with E-state index in [0.29, 0.717) is 28.6 Å². The molecule has 0 amide bonds. The van der Waals surface area contributed by atoms with Crippen LogP contribution in [0.4, 0.5) is 5.69 Å². The van der Waals surface area contributed by atoms with Crippen molar-refractivity contribution in [2.45, 2.75) is 0 Å². The van der Waals surface area contributed by atoms with E-state index >= 15 is 0 Å². The lowest BCUT2D eigenvalue weighted by Gasteiger charge is -2.13. The van der Waals surface area contributed by atoms with Gasteiger partial charge in [0.05, 0.1) is 37.9 Å². The van der Waals surface area contributed by atoms with E-state index in [4.69, 9.17) is 28.4 Å². The first kappa shape index (κ1) is 20.0. The van der Waals surface area contributed by atoms with Crippen LogP contribution in [-0.4, -0.2) is 44.9 Å². The Morgan fingerprint density at radius 1 is 1.03 bits per heavy atom. The number of hydrogen-bond donors (Lipinski definition) is 0. The minimum atomic E-state index is -0.768. The summed E-state index contributed by atoms with van der Waals surface area (Å²) < 4.78 is 31.6. The van der Waals surface area contributed by atoms with Gasteiger partial charge in [0, 0.05) is 5.56 Å². The van der Waals surface area contributed by atoms with Crippen LogP contribution in [0.25, 0.3) is 6.08 Å². The van der Waals surface area contributed by atoms with Crippen LogP contribution in [0.5, 0.6) is 28.7 Å². The molecule has 0 N–H and O–H groups in total. The second-order valence-corrected chi connectivity index (χ2v) is 6.27. The number of ether oxygens (including phenoxy) is 6. The predicted molar refractivity (Wildman–Crippen MR) is 106 cm³/mol. The second-order valence-electron chi connectivity index (χ2n) is 6.27. The van der Waals surface area contributed by atoms with E-state index in [1.165, 1.54) is 39.5 Å². The number of carbonyl (C=O) groups is 1. The number of nitro benzene ring substituents is 1. The Bertz CT molecular complexity index is 1130. The summed E-state index contributed by atoms with van der Waals surface area (Å²) in [6.07, 6.45) is 1.26. The molecule has 0 saturated carbocycles. The van der Waals surface area contributed by atoms with Crippen molar-refractivity contribution in [1.29, 1.82) is 0 Å². The van der Waals surface area contributed by atoms with Crippen LogP contribution in [0.2, 0.25) is 0 Å². The number of fused-ring (bicyclic) bond motifs is 1. The highest BCUT2D eigenvalue weighted by Gasteiger charge is 2.29. The van der Waals surface area contributed by atoms with Gasteiger partial charge in [0.1, 0.15) is 0 Å². The molecular formula is C20H16N2O9. The number of hydrogen-bond acceptors (Lipinski definition) is 10.